The lowest BCUT2D eigenvalue weighted by atomic mass is 10.1. The zero-order chi connectivity index (χ0) is 29.2. The van der Waals surface area contributed by atoms with Crippen LogP contribution in [0.15, 0.2) is 24.4 Å². The van der Waals surface area contributed by atoms with Crippen LogP contribution in [0.5, 0.6) is 0 Å². The lowest BCUT2D eigenvalue weighted by Crippen LogP contribution is -2.35. The highest BCUT2D eigenvalue weighted by molar-refractivity contribution is 5.91. The van der Waals surface area contributed by atoms with Crippen LogP contribution in [0, 0.1) is 0 Å². The number of aromatic nitrogens is 6. The van der Waals surface area contributed by atoms with Crippen molar-refractivity contribution in [1.29, 1.82) is 0 Å². The van der Waals surface area contributed by atoms with Crippen molar-refractivity contribution in [2.45, 2.75) is 66.3 Å². The van der Waals surface area contributed by atoms with Gasteiger partial charge in [-0.2, -0.15) is 9.61 Å². The fraction of sp³-hybridized carbons (Fsp3) is 0.481. The van der Waals surface area contributed by atoms with Gasteiger partial charge in [0.15, 0.2) is 5.65 Å². The quantitative estimate of drug-likeness (QED) is 0.301. The number of ether oxygens (including phenoxy) is 3. The summed E-state index contributed by atoms with van der Waals surface area (Å²) in [4.78, 5) is 30.3. The van der Waals surface area contributed by atoms with E-state index in [2.05, 4.69) is 20.7 Å². The third-order valence-corrected chi connectivity index (χ3v) is 5.95. The van der Waals surface area contributed by atoms with E-state index in [-0.39, 0.29) is 25.3 Å². The molecular weight excluding hydrogens is 516 g/mol. The van der Waals surface area contributed by atoms with Gasteiger partial charge in [-0.3, -0.25) is 9.69 Å². The molecule has 3 heterocycles. The number of rotatable bonds is 9. The minimum absolute atomic E-state index is 0.254. The number of benzene rings is 1. The van der Waals surface area contributed by atoms with Crippen LogP contribution in [0.3, 0.4) is 0 Å². The van der Waals surface area contributed by atoms with Crippen molar-refractivity contribution >= 4 is 46.1 Å². The molecule has 0 saturated carbocycles. The number of amides is 1. The van der Waals surface area contributed by atoms with E-state index < -0.39 is 11.7 Å². The highest BCUT2D eigenvalue weighted by atomic mass is 16.6. The number of fused-ring (bicyclic) bond motifs is 2. The summed E-state index contributed by atoms with van der Waals surface area (Å²) in [5.41, 5.74) is 3.85. The molecule has 40 heavy (non-hydrogen) atoms. The minimum atomic E-state index is -0.659. The van der Waals surface area contributed by atoms with Crippen molar-refractivity contribution in [3.8, 4) is 0 Å². The van der Waals surface area contributed by atoms with Gasteiger partial charge in [-0.15, -0.1) is 5.10 Å². The van der Waals surface area contributed by atoms with Gasteiger partial charge in [0, 0.05) is 32.6 Å². The average Bonchev–Trinajstić information content (AvgIpc) is 3.45. The van der Waals surface area contributed by atoms with Crippen LogP contribution in [0.2, 0.25) is 0 Å². The number of carbonyl (C=O) groups is 2. The summed E-state index contributed by atoms with van der Waals surface area (Å²) in [5.74, 6) is 0.618. The number of anilines is 3. The molecule has 3 aromatic heterocycles. The van der Waals surface area contributed by atoms with Crippen LogP contribution in [0.4, 0.5) is 22.1 Å². The third-order valence-electron chi connectivity index (χ3n) is 5.95. The zero-order valence-electron chi connectivity index (χ0n) is 24.2. The maximum absolute atomic E-state index is 12.9. The molecule has 1 aromatic carbocycles. The van der Waals surface area contributed by atoms with E-state index in [9.17, 15) is 9.59 Å². The van der Waals surface area contributed by atoms with Crippen molar-refractivity contribution in [3.63, 3.8) is 0 Å². The van der Waals surface area contributed by atoms with Gasteiger partial charge < -0.3 is 19.5 Å². The average molecular weight is 553 g/mol. The van der Waals surface area contributed by atoms with E-state index in [0.717, 1.165) is 16.6 Å². The van der Waals surface area contributed by atoms with Gasteiger partial charge >= 0.3 is 12.1 Å². The van der Waals surface area contributed by atoms with E-state index in [1.807, 2.05) is 46.9 Å². The van der Waals surface area contributed by atoms with Gasteiger partial charge in [0.2, 0.25) is 0 Å². The Labute approximate surface area is 232 Å². The number of esters is 1. The van der Waals surface area contributed by atoms with Crippen LogP contribution in [0.25, 0.3) is 16.7 Å². The topological polar surface area (TPSA) is 138 Å². The summed E-state index contributed by atoms with van der Waals surface area (Å²) < 4.78 is 19.8. The van der Waals surface area contributed by atoms with E-state index >= 15 is 0 Å². The molecule has 0 unspecified atom stereocenters. The van der Waals surface area contributed by atoms with Crippen LogP contribution >= 0.6 is 0 Å². The molecule has 0 spiro atoms. The first kappa shape index (κ1) is 28.7. The molecule has 13 heteroatoms. The van der Waals surface area contributed by atoms with Gasteiger partial charge in [0.25, 0.3) is 0 Å². The highest BCUT2D eigenvalue weighted by Gasteiger charge is 2.24. The molecule has 0 aliphatic rings. The summed E-state index contributed by atoms with van der Waals surface area (Å²) in [5, 5.41) is 16.4. The van der Waals surface area contributed by atoms with E-state index in [4.69, 9.17) is 19.2 Å². The van der Waals surface area contributed by atoms with E-state index in [1.54, 1.807) is 35.4 Å². The lowest BCUT2D eigenvalue weighted by molar-refractivity contribution is -0.148. The SMILES string of the molecule is CCc1cnn2c(N(C)C(=O)OC(C)(C)C)cc(Nc3cc(COC[C@@H](C)OC(C)=O)cc4c3nnn4C)nc12. The Bertz CT molecular complexity index is 1540. The predicted octanol–water partition coefficient (Wildman–Crippen LogP) is 4.16. The summed E-state index contributed by atoms with van der Waals surface area (Å²) >= 11 is 0. The second kappa shape index (κ2) is 11.5. The molecule has 0 aliphatic heterocycles. The Morgan fingerprint density at radius 2 is 1.95 bits per heavy atom. The van der Waals surface area contributed by atoms with Crippen molar-refractivity contribution in [2.24, 2.45) is 7.05 Å². The second-order valence-electron chi connectivity index (χ2n) is 10.6. The zero-order valence-corrected chi connectivity index (χ0v) is 24.2. The number of aryl methyl sites for hydroxylation is 2. The van der Waals surface area contributed by atoms with Crippen molar-refractivity contribution < 1.29 is 23.8 Å². The fourth-order valence-electron chi connectivity index (χ4n) is 4.13. The Balaban J connectivity index is 1.69. The van der Waals surface area contributed by atoms with Gasteiger partial charge in [-0.25, -0.2) is 14.5 Å². The molecule has 4 aromatic rings. The second-order valence-corrected chi connectivity index (χ2v) is 10.6. The monoisotopic (exact) mass is 552 g/mol. The molecule has 1 atom stereocenters. The molecular formula is C27H36N8O5. The predicted molar refractivity (Wildman–Crippen MR) is 150 cm³/mol. The number of nitrogens with zero attached hydrogens (tertiary/aromatic N) is 7. The Morgan fingerprint density at radius 1 is 1.20 bits per heavy atom. The van der Waals surface area contributed by atoms with E-state index in [0.29, 0.717) is 34.9 Å². The van der Waals surface area contributed by atoms with Gasteiger partial charge in [-0.05, 0) is 51.8 Å². The molecule has 0 radical (unpaired) electrons. The highest BCUT2D eigenvalue weighted by Crippen LogP contribution is 2.29. The largest absolute Gasteiger partial charge is 0.460 e. The van der Waals surface area contributed by atoms with Gasteiger partial charge in [0.1, 0.15) is 28.9 Å². The summed E-state index contributed by atoms with van der Waals surface area (Å²) in [7, 11) is 3.44. The van der Waals surface area contributed by atoms with Gasteiger partial charge in [-0.1, -0.05) is 12.1 Å². The number of hydrogen-bond donors (Lipinski definition) is 1. The maximum atomic E-state index is 12.9. The number of carbonyl (C=O) groups excluding carboxylic acids is 2. The summed E-state index contributed by atoms with van der Waals surface area (Å²) in [6, 6.07) is 5.59. The molecule has 0 fully saturated rings. The Kier molecular flexibility index (Phi) is 8.24. The molecule has 13 nitrogen and oxygen atoms in total. The first-order valence-electron chi connectivity index (χ1n) is 13.0. The molecule has 214 valence electrons. The van der Waals surface area contributed by atoms with Crippen LogP contribution in [-0.2, 0) is 39.1 Å². The normalized spacial score (nSPS) is 12.5. The molecule has 0 saturated heterocycles. The van der Waals surface area contributed by atoms with Crippen LogP contribution < -0.4 is 10.2 Å². The number of hydrogen-bond acceptors (Lipinski definition) is 10. The molecule has 0 bridgehead atoms. The van der Waals surface area contributed by atoms with E-state index in [1.165, 1.54) is 11.8 Å². The van der Waals surface area contributed by atoms with Crippen molar-refractivity contribution in [2.75, 3.05) is 23.9 Å². The molecule has 0 aliphatic carbocycles. The lowest BCUT2D eigenvalue weighted by Gasteiger charge is -2.25. The van der Waals surface area contributed by atoms with Crippen molar-refractivity contribution in [3.05, 3.63) is 35.5 Å². The molecule has 1 amide bonds. The minimum Gasteiger partial charge on any atom is -0.460 e. The molecule has 4 rings (SSSR count). The standard InChI is InChI=1S/C27H36N8O5/c1-9-19-13-28-35-23(33(7)26(37)40-27(4,5)6)12-22(30-25(19)35)29-20-10-18(11-21-24(20)31-32-34(21)8)15-38-14-16(2)39-17(3)36/h10-13,16H,9,14-15H2,1-8H3,(H,29,30)/t16-/m1/s1. The first-order valence-corrected chi connectivity index (χ1v) is 13.0. The Morgan fingerprint density at radius 3 is 2.62 bits per heavy atom. The third kappa shape index (κ3) is 6.47. The van der Waals surface area contributed by atoms with Crippen molar-refractivity contribution in [1.82, 2.24) is 29.6 Å². The van der Waals surface area contributed by atoms with Gasteiger partial charge in [0.05, 0.1) is 30.6 Å². The summed E-state index contributed by atoms with van der Waals surface area (Å²) in [6.45, 7) is 11.1. The smallest absolute Gasteiger partial charge is 0.415 e. The van der Waals surface area contributed by atoms with Crippen LogP contribution in [-0.4, -0.2) is 67.0 Å². The molecule has 1 N–H and O–H groups in total. The number of nitrogens with one attached hydrogen (secondary N) is 1. The maximum Gasteiger partial charge on any atom is 0.415 e. The fourth-order valence-corrected chi connectivity index (χ4v) is 4.13. The first-order chi connectivity index (χ1) is 18.9. The van der Waals surface area contributed by atoms with Crippen LogP contribution in [0.1, 0.15) is 52.7 Å². The summed E-state index contributed by atoms with van der Waals surface area (Å²) in [6.07, 6.45) is 1.58. The Hall–Kier alpha value is -4.26.